The fraction of sp³-hybridized carbons (Fsp3) is 0.235. The van der Waals surface area contributed by atoms with Crippen LogP contribution in [-0.4, -0.2) is 64.4 Å². The highest BCUT2D eigenvalue weighted by molar-refractivity contribution is 7.85. The van der Waals surface area contributed by atoms with Gasteiger partial charge in [0.1, 0.15) is 24.1 Å². The molecular weight excluding hydrogens is 392 g/mol. The number of para-hydroxylation sites is 1. The van der Waals surface area contributed by atoms with Gasteiger partial charge in [0.15, 0.2) is 11.5 Å². The molecule has 3 atom stereocenters. The van der Waals surface area contributed by atoms with Crippen LogP contribution in [0.5, 0.6) is 5.75 Å². The van der Waals surface area contributed by atoms with Crippen molar-refractivity contribution in [2.45, 2.75) is 18.3 Å². The number of hydrogen-bond acceptors (Lipinski definition) is 8. The van der Waals surface area contributed by atoms with Crippen LogP contribution in [-0.2, 0) is 19.6 Å². The Bertz CT molecular complexity index is 1090. The Hall–Kier alpha value is -2.86. The van der Waals surface area contributed by atoms with E-state index in [1.54, 1.807) is 24.3 Å². The third-order valence-corrected chi connectivity index (χ3v) is 3.91. The summed E-state index contributed by atoms with van der Waals surface area (Å²) in [6, 6.07) is 8.48. The zero-order valence-corrected chi connectivity index (χ0v) is 15.3. The van der Waals surface area contributed by atoms with Crippen molar-refractivity contribution in [3.8, 4) is 5.75 Å². The minimum atomic E-state index is -3.67. The van der Waals surface area contributed by atoms with E-state index in [1.807, 2.05) is 0 Å². The Balaban J connectivity index is 0.000000403. The maximum atomic E-state index is 12.3. The molecular formula is C17H16N2O8S. The highest BCUT2D eigenvalue weighted by Crippen LogP contribution is 2.33. The Morgan fingerprint density at radius 1 is 1.29 bits per heavy atom. The first-order chi connectivity index (χ1) is 13.0. The molecule has 1 aliphatic carbocycles. The zero-order valence-electron chi connectivity index (χ0n) is 14.4. The number of aliphatic hydroxyl groups excluding tert-OH is 1. The predicted molar refractivity (Wildman–Crippen MR) is 96.1 cm³/mol. The number of epoxide rings is 1. The largest absolute Gasteiger partial charge is 0.505 e. The number of aliphatic hydroxyl groups is 1. The minimum Gasteiger partial charge on any atom is -0.505 e. The average molecular weight is 408 g/mol. The number of nitrogens with zero attached hydrogens (tertiary/aromatic N) is 1. The van der Waals surface area contributed by atoms with Crippen molar-refractivity contribution in [1.29, 1.82) is 0 Å². The number of carbonyl (C=O) groups excluding carboxylic acids is 2. The molecule has 0 radical (unpaired) electrons. The summed E-state index contributed by atoms with van der Waals surface area (Å²) in [5.74, 6) is -1.28. The van der Waals surface area contributed by atoms with Gasteiger partial charge < -0.3 is 20.3 Å². The maximum Gasteiger partial charge on any atom is 0.277 e. The Morgan fingerprint density at radius 3 is 2.61 bits per heavy atom. The fourth-order valence-corrected chi connectivity index (χ4v) is 2.66. The number of aromatic hydroxyl groups is 1. The molecule has 2 aliphatic rings. The van der Waals surface area contributed by atoms with Crippen molar-refractivity contribution >= 4 is 32.7 Å². The number of carbonyl (C=O) groups is 2. The second-order valence-electron chi connectivity index (χ2n) is 6.20. The van der Waals surface area contributed by atoms with E-state index in [4.69, 9.17) is 9.29 Å². The van der Waals surface area contributed by atoms with E-state index in [0.717, 1.165) is 6.08 Å². The number of amides is 1. The lowest BCUT2D eigenvalue weighted by Gasteiger charge is -2.17. The Kier molecular flexibility index (Phi) is 5.17. The molecule has 0 spiro atoms. The van der Waals surface area contributed by atoms with Gasteiger partial charge >= 0.3 is 0 Å². The first-order valence-corrected chi connectivity index (χ1v) is 9.81. The van der Waals surface area contributed by atoms with E-state index in [0.29, 0.717) is 17.2 Å². The van der Waals surface area contributed by atoms with Gasteiger partial charge in [-0.1, -0.05) is 18.2 Å². The highest BCUT2D eigenvalue weighted by atomic mass is 32.2. The standard InChI is InChI=1S/C16H12N2O5.CH4O3S/c19-10-5-7-3-1-2-4-8(7)17-12(10)16(22)18-9-6-11(20)14-15(23-14)13(9)21;1-5(2,3)4/h1-6,13-15,19,21H,(H,18,22);1H3,(H,2,3,4). The van der Waals surface area contributed by atoms with Gasteiger partial charge in [0.2, 0.25) is 0 Å². The molecule has 2 aromatic rings. The van der Waals surface area contributed by atoms with E-state index >= 15 is 0 Å². The van der Waals surface area contributed by atoms with Crippen molar-refractivity contribution in [2.24, 2.45) is 0 Å². The van der Waals surface area contributed by atoms with E-state index in [1.165, 1.54) is 6.07 Å². The molecule has 10 nitrogen and oxygen atoms in total. The summed E-state index contributed by atoms with van der Waals surface area (Å²) in [4.78, 5) is 28.1. The molecule has 1 aliphatic heterocycles. The van der Waals surface area contributed by atoms with Crippen molar-refractivity contribution in [3.05, 3.63) is 47.8 Å². The fourth-order valence-electron chi connectivity index (χ4n) is 2.66. The summed E-state index contributed by atoms with van der Waals surface area (Å²) in [5.41, 5.74) is 0.423. The number of nitrogens with one attached hydrogen (secondary N) is 1. The topological polar surface area (TPSA) is 166 Å². The second-order valence-corrected chi connectivity index (χ2v) is 7.67. The first-order valence-electron chi connectivity index (χ1n) is 7.96. The van der Waals surface area contributed by atoms with Gasteiger partial charge in [0.25, 0.3) is 16.0 Å². The first kappa shape index (κ1) is 19.9. The van der Waals surface area contributed by atoms with E-state index in [2.05, 4.69) is 10.3 Å². The molecule has 2 heterocycles. The number of fused-ring (bicyclic) bond motifs is 2. The summed E-state index contributed by atoms with van der Waals surface area (Å²) in [7, 11) is -3.67. The number of aromatic nitrogens is 1. The summed E-state index contributed by atoms with van der Waals surface area (Å²) in [6.07, 6.45) is -0.440. The minimum absolute atomic E-state index is 0.0492. The van der Waals surface area contributed by atoms with Crippen molar-refractivity contribution in [2.75, 3.05) is 6.26 Å². The van der Waals surface area contributed by atoms with Crippen LogP contribution in [0.4, 0.5) is 0 Å². The van der Waals surface area contributed by atoms with E-state index < -0.39 is 34.3 Å². The highest BCUT2D eigenvalue weighted by Gasteiger charge is 2.53. The third kappa shape index (κ3) is 4.51. The number of pyridine rings is 1. The van der Waals surface area contributed by atoms with Crippen LogP contribution < -0.4 is 5.32 Å². The molecule has 11 heteroatoms. The summed E-state index contributed by atoms with van der Waals surface area (Å²) in [5, 5.41) is 23.1. The monoisotopic (exact) mass is 408 g/mol. The normalized spacial score (nSPS) is 23.2. The molecule has 1 aromatic heterocycles. The smallest absolute Gasteiger partial charge is 0.277 e. The van der Waals surface area contributed by atoms with Gasteiger partial charge in [-0.05, 0) is 12.1 Å². The average Bonchev–Trinajstić information content (AvgIpc) is 3.39. The van der Waals surface area contributed by atoms with Crippen molar-refractivity contribution in [1.82, 2.24) is 10.3 Å². The summed E-state index contributed by atoms with van der Waals surface area (Å²) >= 11 is 0. The summed E-state index contributed by atoms with van der Waals surface area (Å²) < 4.78 is 30.9. The molecule has 1 aromatic carbocycles. The van der Waals surface area contributed by atoms with Crippen LogP contribution in [0.3, 0.4) is 0 Å². The lowest BCUT2D eigenvalue weighted by molar-refractivity contribution is -0.116. The van der Waals surface area contributed by atoms with Gasteiger partial charge in [0.05, 0.1) is 17.5 Å². The predicted octanol–water partition coefficient (Wildman–Crippen LogP) is -0.231. The molecule has 4 rings (SSSR count). The van der Waals surface area contributed by atoms with Crippen LogP contribution in [0.25, 0.3) is 10.9 Å². The lowest BCUT2D eigenvalue weighted by atomic mass is 10.0. The van der Waals surface area contributed by atoms with Gasteiger partial charge in [0, 0.05) is 11.5 Å². The van der Waals surface area contributed by atoms with Gasteiger partial charge in [-0.25, -0.2) is 4.98 Å². The van der Waals surface area contributed by atoms with Crippen molar-refractivity contribution in [3.63, 3.8) is 0 Å². The molecule has 0 bridgehead atoms. The molecule has 1 amide bonds. The number of benzene rings is 1. The molecule has 28 heavy (non-hydrogen) atoms. The van der Waals surface area contributed by atoms with Crippen LogP contribution >= 0.6 is 0 Å². The lowest BCUT2D eigenvalue weighted by Crippen LogP contribution is -2.37. The van der Waals surface area contributed by atoms with Crippen LogP contribution in [0.1, 0.15) is 10.5 Å². The van der Waals surface area contributed by atoms with E-state index in [9.17, 15) is 28.2 Å². The van der Waals surface area contributed by atoms with Crippen LogP contribution in [0, 0.1) is 0 Å². The SMILES string of the molecule is CS(=O)(=O)O.O=C(NC1=CC(=O)C2OC2C1O)c1nc2ccccc2cc1O. The zero-order chi connectivity index (χ0) is 20.6. The molecule has 3 unspecified atom stereocenters. The number of rotatable bonds is 2. The molecule has 1 fully saturated rings. The quantitative estimate of drug-likeness (QED) is 0.388. The van der Waals surface area contributed by atoms with Gasteiger partial charge in [-0.15, -0.1) is 0 Å². The number of ether oxygens (including phenoxy) is 1. The Morgan fingerprint density at radius 2 is 1.93 bits per heavy atom. The molecule has 1 saturated heterocycles. The third-order valence-electron chi connectivity index (χ3n) is 3.91. The van der Waals surface area contributed by atoms with Gasteiger partial charge in [-0.3, -0.25) is 14.1 Å². The molecule has 0 saturated carbocycles. The van der Waals surface area contributed by atoms with Gasteiger partial charge in [-0.2, -0.15) is 8.42 Å². The van der Waals surface area contributed by atoms with Crippen molar-refractivity contribution < 1.29 is 37.5 Å². The summed E-state index contributed by atoms with van der Waals surface area (Å²) in [6.45, 7) is 0. The van der Waals surface area contributed by atoms with E-state index in [-0.39, 0.29) is 22.9 Å². The Labute approximate surface area is 159 Å². The number of hydrogen-bond donors (Lipinski definition) is 4. The number of ketones is 1. The second kappa shape index (κ2) is 7.28. The molecule has 148 valence electrons. The maximum absolute atomic E-state index is 12.3. The molecule has 4 N–H and O–H groups in total. The van der Waals surface area contributed by atoms with Crippen LogP contribution in [0.15, 0.2) is 42.1 Å². The van der Waals surface area contributed by atoms with Crippen LogP contribution in [0.2, 0.25) is 0 Å².